The summed E-state index contributed by atoms with van der Waals surface area (Å²) in [5.74, 6) is 0.0618. The molecule has 2 N–H and O–H groups in total. The lowest BCUT2D eigenvalue weighted by atomic mass is 10.1. The van der Waals surface area contributed by atoms with Crippen molar-refractivity contribution in [3.05, 3.63) is 29.8 Å². The molecule has 2 rings (SSSR count). The molecule has 0 radical (unpaired) electrons. The largest absolute Gasteiger partial charge is 0.383 e. The molecule has 1 amide bonds. The summed E-state index contributed by atoms with van der Waals surface area (Å²) in [4.78, 5) is 12.2. The van der Waals surface area contributed by atoms with Crippen LogP contribution < -0.4 is 10.6 Å². The molecule has 0 aromatic heterocycles. The summed E-state index contributed by atoms with van der Waals surface area (Å²) < 4.78 is 5.15. The van der Waals surface area contributed by atoms with E-state index in [2.05, 4.69) is 23.6 Å². The topological polar surface area (TPSA) is 50.4 Å². The van der Waals surface area contributed by atoms with Crippen molar-refractivity contribution < 1.29 is 9.53 Å². The Labute approximate surface area is 114 Å². The number of anilines is 1. The molecule has 0 saturated carbocycles. The Bertz CT molecular complexity index is 403. The second-order valence-corrected chi connectivity index (χ2v) is 5.01. The van der Waals surface area contributed by atoms with Gasteiger partial charge < -0.3 is 15.4 Å². The van der Waals surface area contributed by atoms with Gasteiger partial charge in [-0.15, -0.1) is 0 Å². The molecule has 1 aliphatic rings. The smallest absolute Gasteiger partial charge is 0.243 e. The van der Waals surface area contributed by atoms with Crippen LogP contribution in [-0.2, 0) is 16.0 Å². The van der Waals surface area contributed by atoms with Gasteiger partial charge in [0.05, 0.1) is 12.6 Å². The van der Waals surface area contributed by atoms with Crippen LogP contribution in [0.1, 0.15) is 25.3 Å². The van der Waals surface area contributed by atoms with Crippen LogP contribution in [0, 0.1) is 0 Å². The fraction of sp³-hybridized carbons (Fsp3) is 0.533. The van der Waals surface area contributed by atoms with Gasteiger partial charge >= 0.3 is 0 Å². The van der Waals surface area contributed by atoms with Gasteiger partial charge in [0.15, 0.2) is 0 Å². The SMILES string of the molecule is CCCC(COC)NC(=O)C1Cc2ccccc2N1. The van der Waals surface area contributed by atoms with Crippen LogP contribution in [0.4, 0.5) is 5.69 Å². The van der Waals surface area contributed by atoms with Gasteiger partial charge in [-0.1, -0.05) is 31.5 Å². The molecule has 104 valence electrons. The summed E-state index contributed by atoms with van der Waals surface area (Å²) in [7, 11) is 1.67. The van der Waals surface area contributed by atoms with Crippen molar-refractivity contribution in [3.63, 3.8) is 0 Å². The van der Waals surface area contributed by atoms with Crippen LogP contribution in [0.5, 0.6) is 0 Å². The lowest BCUT2D eigenvalue weighted by molar-refractivity contribution is -0.122. The lowest BCUT2D eigenvalue weighted by Crippen LogP contribution is -2.45. The Kier molecular flexibility index (Phi) is 4.80. The Morgan fingerprint density at radius 3 is 3.00 bits per heavy atom. The highest BCUT2D eigenvalue weighted by atomic mass is 16.5. The number of carbonyl (C=O) groups excluding carboxylic acids is 1. The molecule has 0 fully saturated rings. The molecule has 0 spiro atoms. The van der Waals surface area contributed by atoms with Crippen LogP contribution in [0.2, 0.25) is 0 Å². The monoisotopic (exact) mass is 262 g/mol. The van der Waals surface area contributed by atoms with Crippen molar-refractivity contribution in [2.24, 2.45) is 0 Å². The predicted molar refractivity (Wildman–Crippen MR) is 76.3 cm³/mol. The van der Waals surface area contributed by atoms with Crippen molar-refractivity contribution in [2.75, 3.05) is 19.0 Å². The number of hydrogen-bond acceptors (Lipinski definition) is 3. The number of amides is 1. The van der Waals surface area contributed by atoms with Crippen molar-refractivity contribution in [3.8, 4) is 0 Å². The molecule has 0 bridgehead atoms. The first-order chi connectivity index (χ1) is 9.24. The molecule has 4 heteroatoms. The summed E-state index contributed by atoms with van der Waals surface area (Å²) in [5, 5.41) is 6.34. The average Bonchev–Trinajstić information content (AvgIpc) is 2.83. The van der Waals surface area contributed by atoms with Crippen molar-refractivity contribution in [1.82, 2.24) is 5.32 Å². The second-order valence-electron chi connectivity index (χ2n) is 5.01. The second kappa shape index (κ2) is 6.57. The van der Waals surface area contributed by atoms with E-state index in [0.29, 0.717) is 6.61 Å². The van der Waals surface area contributed by atoms with Crippen LogP contribution >= 0.6 is 0 Å². The minimum absolute atomic E-state index is 0.0618. The number of methoxy groups -OCH3 is 1. The van der Waals surface area contributed by atoms with Crippen LogP contribution in [0.15, 0.2) is 24.3 Å². The summed E-state index contributed by atoms with van der Waals surface area (Å²) in [6.07, 6.45) is 2.74. The first kappa shape index (κ1) is 13.9. The summed E-state index contributed by atoms with van der Waals surface area (Å²) >= 11 is 0. The van der Waals surface area contributed by atoms with Gasteiger partial charge in [0.2, 0.25) is 5.91 Å². The first-order valence-corrected chi connectivity index (χ1v) is 6.88. The van der Waals surface area contributed by atoms with Crippen LogP contribution in [0.25, 0.3) is 0 Å². The number of carbonyl (C=O) groups is 1. The minimum Gasteiger partial charge on any atom is -0.383 e. The molecule has 1 aromatic carbocycles. The molecule has 19 heavy (non-hydrogen) atoms. The third-order valence-electron chi connectivity index (χ3n) is 3.44. The molecule has 2 atom stereocenters. The first-order valence-electron chi connectivity index (χ1n) is 6.88. The maximum atomic E-state index is 12.2. The molecule has 2 unspecified atom stereocenters. The Balaban J connectivity index is 1.91. The molecule has 1 aliphatic heterocycles. The molecule has 1 heterocycles. The number of rotatable bonds is 6. The maximum Gasteiger partial charge on any atom is 0.243 e. The molecule has 4 nitrogen and oxygen atoms in total. The number of fused-ring (bicyclic) bond motifs is 1. The molecule has 0 aliphatic carbocycles. The van der Waals surface area contributed by atoms with E-state index in [1.54, 1.807) is 7.11 Å². The van der Waals surface area contributed by atoms with E-state index in [1.807, 2.05) is 18.2 Å². The predicted octanol–water partition coefficient (Wildman–Crippen LogP) is 1.95. The third kappa shape index (κ3) is 3.47. The zero-order valence-electron chi connectivity index (χ0n) is 11.6. The van der Waals surface area contributed by atoms with Crippen molar-refractivity contribution >= 4 is 11.6 Å². The summed E-state index contributed by atoms with van der Waals surface area (Å²) in [6, 6.07) is 8.01. The van der Waals surface area contributed by atoms with Crippen LogP contribution in [-0.4, -0.2) is 31.7 Å². The van der Waals surface area contributed by atoms with Crippen molar-refractivity contribution in [1.29, 1.82) is 0 Å². The van der Waals surface area contributed by atoms with E-state index in [1.165, 1.54) is 5.56 Å². The van der Waals surface area contributed by atoms with Gasteiger partial charge in [-0.3, -0.25) is 4.79 Å². The highest BCUT2D eigenvalue weighted by Crippen LogP contribution is 2.25. The number of para-hydroxylation sites is 1. The van der Waals surface area contributed by atoms with Gasteiger partial charge in [0.25, 0.3) is 0 Å². The van der Waals surface area contributed by atoms with Gasteiger partial charge in [-0.05, 0) is 18.1 Å². The summed E-state index contributed by atoms with van der Waals surface area (Å²) in [5.41, 5.74) is 2.28. The molecule has 1 aromatic rings. The van der Waals surface area contributed by atoms with E-state index >= 15 is 0 Å². The minimum atomic E-state index is -0.159. The maximum absolute atomic E-state index is 12.2. The van der Waals surface area contributed by atoms with Gasteiger partial charge in [0, 0.05) is 19.2 Å². The Morgan fingerprint density at radius 2 is 2.32 bits per heavy atom. The van der Waals surface area contributed by atoms with Gasteiger partial charge in [-0.25, -0.2) is 0 Å². The highest BCUT2D eigenvalue weighted by Gasteiger charge is 2.27. The van der Waals surface area contributed by atoms with Crippen molar-refractivity contribution in [2.45, 2.75) is 38.3 Å². The fourth-order valence-corrected chi connectivity index (χ4v) is 2.50. The number of ether oxygens (including phenoxy) is 1. The van der Waals surface area contributed by atoms with Crippen LogP contribution in [0.3, 0.4) is 0 Å². The van der Waals surface area contributed by atoms with Gasteiger partial charge in [0.1, 0.15) is 6.04 Å². The average molecular weight is 262 g/mol. The van der Waals surface area contributed by atoms with E-state index in [0.717, 1.165) is 24.9 Å². The lowest BCUT2D eigenvalue weighted by Gasteiger charge is -2.20. The van der Waals surface area contributed by atoms with E-state index < -0.39 is 0 Å². The number of hydrogen-bond donors (Lipinski definition) is 2. The van der Waals surface area contributed by atoms with Gasteiger partial charge in [-0.2, -0.15) is 0 Å². The fourth-order valence-electron chi connectivity index (χ4n) is 2.50. The van der Waals surface area contributed by atoms with E-state index in [9.17, 15) is 4.79 Å². The quantitative estimate of drug-likeness (QED) is 0.824. The molecular formula is C15H22N2O2. The normalized spacial score (nSPS) is 18.5. The summed E-state index contributed by atoms with van der Waals surface area (Å²) in [6.45, 7) is 2.68. The third-order valence-corrected chi connectivity index (χ3v) is 3.44. The van der Waals surface area contributed by atoms with E-state index in [4.69, 9.17) is 4.74 Å². The van der Waals surface area contributed by atoms with E-state index in [-0.39, 0.29) is 18.0 Å². The molecule has 0 saturated heterocycles. The number of benzene rings is 1. The molecular weight excluding hydrogens is 240 g/mol. The Hall–Kier alpha value is -1.55. The number of nitrogens with one attached hydrogen (secondary N) is 2. The highest BCUT2D eigenvalue weighted by molar-refractivity contribution is 5.87. The standard InChI is InChI=1S/C15H22N2O2/c1-3-6-12(10-19-2)16-15(18)14-9-11-7-4-5-8-13(11)17-14/h4-5,7-8,12,14,17H,3,6,9-10H2,1-2H3,(H,16,18). The Morgan fingerprint density at radius 1 is 1.53 bits per heavy atom. The zero-order valence-corrected chi connectivity index (χ0v) is 11.6. The zero-order chi connectivity index (χ0) is 13.7.